The molecule has 4 nitrogen and oxygen atoms in total. The average molecular weight is 366 g/mol. The molecule has 0 saturated carbocycles. The minimum Gasteiger partial charge on any atom is -0.338 e. The number of carbonyl (C=O) groups excluding carboxylic acids is 1. The summed E-state index contributed by atoms with van der Waals surface area (Å²) in [5.74, 6) is 0.414. The van der Waals surface area contributed by atoms with Gasteiger partial charge in [-0.2, -0.15) is 0 Å². The SMILES string of the molecule is O=C(c1ccc2nccnc2c1)N1CCCCC(c2ccc(Cl)cc2)C1. The van der Waals surface area contributed by atoms with Crippen molar-refractivity contribution in [3.63, 3.8) is 0 Å². The third-order valence-electron chi connectivity index (χ3n) is 5.02. The molecule has 1 fully saturated rings. The molecule has 1 saturated heterocycles. The maximum atomic E-state index is 13.1. The Morgan fingerprint density at radius 1 is 1.00 bits per heavy atom. The van der Waals surface area contributed by atoms with Crippen molar-refractivity contribution in [3.05, 3.63) is 71.0 Å². The lowest BCUT2D eigenvalue weighted by Crippen LogP contribution is -2.34. The quantitative estimate of drug-likeness (QED) is 0.661. The number of aromatic nitrogens is 2. The minimum absolute atomic E-state index is 0.0680. The van der Waals surface area contributed by atoms with Crippen molar-refractivity contribution < 1.29 is 4.79 Å². The molecule has 5 heteroatoms. The lowest BCUT2D eigenvalue weighted by molar-refractivity contribution is 0.0754. The Kier molecular flexibility index (Phi) is 4.85. The molecule has 0 N–H and O–H groups in total. The van der Waals surface area contributed by atoms with Crippen LogP contribution in [0.5, 0.6) is 0 Å². The zero-order valence-corrected chi connectivity index (χ0v) is 15.2. The van der Waals surface area contributed by atoms with Gasteiger partial charge in [0.2, 0.25) is 0 Å². The third kappa shape index (κ3) is 3.56. The standard InChI is InChI=1S/C21H20ClN3O/c22-18-7-4-15(5-8-18)17-3-1-2-12-25(14-17)21(26)16-6-9-19-20(13-16)24-11-10-23-19/h4-11,13,17H,1-3,12,14H2. The van der Waals surface area contributed by atoms with Crippen molar-refractivity contribution in [2.75, 3.05) is 13.1 Å². The van der Waals surface area contributed by atoms with E-state index in [1.807, 2.05) is 35.2 Å². The molecule has 1 aliphatic heterocycles. The first-order valence-corrected chi connectivity index (χ1v) is 9.34. The van der Waals surface area contributed by atoms with E-state index in [0.717, 1.165) is 48.4 Å². The first kappa shape index (κ1) is 17.0. The van der Waals surface area contributed by atoms with Crippen LogP contribution in [0.4, 0.5) is 0 Å². The van der Waals surface area contributed by atoms with Crippen molar-refractivity contribution in [2.24, 2.45) is 0 Å². The van der Waals surface area contributed by atoms with Gasteiger partial charge in [-0.05, 0) is 48.7 Å². The van der Waals surface area contributed by atoms with E-state index in [-0.39, 0.29) is 5.91 Å². The highest BCUT2D eigenvalue weighted by molar-refractivity contribution is 6.30. The molecule has 2 aromatic carbocycles. The summed E-state index contributed by atoms with van der Waals surface area (Å²) in [6, 6.07) is 13.6. The van der Waals surface area contributed by atoms with Crippen molar-refractivity contribution >= 4 is 28.5 Å². The van der Waals surface area contributed by atoms with E-state index in [0.29, 0.717) is 11.5 Å². The molecule has 0 radical (unpaired) electrons. The Balaban J connectivity index is 1.58. The van der Waals surface area contributed by atoms with Crippen LogP contribution in [0.15, 0.2) is 54.9 Å². The number of hydrogen-bond donors (Lipinski definition) is 0. The molecule has 3 aromatic rings. The normalized spacial score (nSPS) is 17.9. The topological polar surface area (TPSA) is 46.1 Å². The van der Waals surface area contributed by atoms with E-state index in [4.69, 9.17) is 11.6 Å². The minimum atomic E-state index is 0.0680. The zero-order valence-electron chi connectivity index (χ0n) is 14.4. The molecule has 2 heterocycles. The maximum Gasteiger partial charge on any atom is 0.253 e. The van der Waals surface area contributed by atoms with Crippen molar-refractivity contribution in [1.82, 2.24) is 14.9 Å². The predicted molar refractivity (Wildman–Crippen MR) is 103 cm³/mol. The van der Waals surface area contributed by atoms with Gasteiger partial charge in [-0.3, -0.25) is 14.8 Å². The number of carbonyl (C=O) groups is 1. The number of likely N-dealkylation sites (tertiary alicyclic amines) is 1. The number of halogens is 1. The summed E-state index contributed by atoms with van der Waals surface area (Å²) in [6.45, 7) is 1.53. The van der Waals surface area contributed by atoms with Crippen molar-refractivity contribution in [2.45, 2.75) is 25.2 Å². The van der Waals surface area contributed by atoms with Gasteiger partial charge in [0.1, 0.15) is 0 Å². The van der Waals surface area contributed by atoms with Crippen LogP contribution in [-0.2, 0) is 0 Å². The van der Waals surface area contributed by atoms with Crippen LogP contribution < -0.4 is 0 Å². The molecular weight excluding hydrogens is 346 g/mol. The van der Waals surface area contributed by atoms with Crippen LogP contribution in [0, 0.1) is 0 Å². The van der Waals surface area contributed by atoms with E-state index in [1.54, 1.807) is 12.4 Å². The first-order chi connectivity index (χ1) is 12.7. The lowest BCUT2D eigenvalue weighted by Gasteiger charge is -2.25. The fourth-order valence-electron chi connectivity index (χ4n) is 3.61. The predicted octanol–water partition coefficient (Wildman–Crippen LogP) is 4.69. The highest BCUT2D eigenvalue weighted by atomic mass is 35.5. The van der Waals surface area contributed by atoms with Gasteiger partial charge in [-0.1, -0.05) is 30.2 Å². The number of hydrogen-bond acceptors (Lipinski definition) is 3. The molecule has 4 rings (SSSR count). The molecule has 1 atom stereocenters. The van der Waals surface area contributed by atoms with Crippen molar-refractivity contribution in [1.29, 1.82) is 0 Å². The number of fused-ring (bicyclic) bond motifs is 1. The smallest absolute Gasteiger partial charge is 0.253 e. The van der Waals surface area contributed by atoms with Gasteiger partial charge in [0.15, 0.2) is 0 Å². The maximum absolute atomic E-state index is 13.1. The largest absolute Gasteiger partial charge is 0.338 e. The van der Waals surface area contributed by atoms with E-state index in [2.05, 4.69) is 22.1 Å². The second-order valence-electron chi connectivity index (χ2n) is 6.76. The van der Waals surface area contributed by atoms with Crippen LogP contribution in [0.3, 0.4) is 0 Å². The molecule has 0 spiro atoms. The average Bonchev–Trinajstić information content (AvgIpc) is 2.94. The number of nitrogens with zero attached hydrogens (tertiary/aromatic N) is 3. The molecule has 132 valence electrons. The summed E-state index contributed by atoms with van der Waals surface area (Å²) in [6.07, 6.45) is 6.56. The molecule has 1 aromatic heterocycles. The van der Waals surface area contributed by atoms with Gasteiger partial charge < -0.3 is 4.90 Å². The molecule has 1 unspecified atom stereocenters. The van der Waals surface area contributed by atoms with Gasteiger partial charge in [-0.15, -0.1) is 0 Å². The Hall–Kier alpha value is -2.46. The second kappa shape index (κ2) is 7.42. The van der Waals surface area contributed by atoms with Crippen LogP contribution in [-0.4, -0.2) is 33.9 Å². The van der Waals surface area contributed by atoms with Gasteiger partial charge in [0, 0.05) is 42.0 Å². The Labute approximate surface area is 157 Å². The highest BCUT2D eigenvalue weighted by Crippen LogP contribution is 2.28. The summed E-state index contributed by atoms with van der Waals surface area (Å²) < 4.78 is 0. The monoisotopic (exact) mass is 365 g/mol. The lowest BCUT2D eigenvalue weighted by atomic mass is 9.94. The second-order valence-corrected chi connectivity index (χ2v) is 7.19. The van der Waals surface area contributed by atoms with Gasteiger partial charge in [0.05, 0.1) is 11.0 Å². The number of amides is 1. The fourth-order valence-corrected chi connectivity index (χ4v) is 3.74. The summed E-state index contributed by atoms with van der Waals surface area (Å²) in [5, 5.41) is 0.743. The van der Waals surface area contributed by atoms with Crippen molar-refractivity contribution in [3.8, 4) is 0 Å². The van der Waals surface area contributed by atoms with Crippen LogP contribution >= 0.6 is 11.6 Å². The van der Waals surface area contributed by atoms with Crippen LogP contribution in [0.2, 0.25) is 5.02 Å². The molecule has 0 bridgehead atoms. The number of rotatable bonds is 2. The van der Waals surface area contributed by atoms with Crippen LogP contribution in [0.25, 0.3) is 11.0 Å². The molecule has 1 amide bonds. The molecule has 26 heavy (non-hydrogen) atoms. The molecule has 0 aliphatic carbocycles. The number of benzene rings is 2. The third-order valence-corrected chi connectivity index (χ3v) is 5.27. The summed E-state index contributed by atoms with van der Waals surface area (Å²) in [4.78, 5) is 23.6. The van der Waals surface area contributed by atoms with E-state index in [9.17, 15) is 4.79 Å². The van der Waals surface area contributed by atoms with E-state index in [1.165, 1.54) is 5.56 Å². The van der Waals surface area contributed by atoms with Crippen LogP contribution in [0.1, 0.15) is 41.1 Å². The summed E-state index contributed by atoms with van der Waals surface area (Å²) >= 11 is 6.01. The van der Waals surface area contributed by atoms with Gasteiger partial charge in [-0.25, -0.2) is 0 Å². The fraction of sp³-hybridized carbons (Fsp3) is 0.286. The molecular formula is C21H20ClN3O. The zero-order chi connectivity index (χ0) is 17.9. The van der Waals surface area contributed by atoms with Gasteiger partial charge >= 0.3 is 0 Å². The Morgan fingerprint density at radius 2 is 1.77 bits per heavy atom. The summed E-state index contributed by atoms with van der Waals surface area (Å²) in [5.41, 5.74) is 3.48. The summed E-state index contributed by atoms with van der Waals surface area (Å²) in [7, 11) is 0. The Morgan fingerprint density at radius 3 is 2.58 bits per heavy atom. The van der Waals surface area contributed by atoms with Gasteiger partial charge in [0.25, 0.3) is 5.91 Å². The highest BCUT2D eigenvalue weighted by Gasteiger charge is 2.24. The first-order valence-electron chi connectivity index (χ1n) is 8.96. The van der Waals surface area contributed by atoms with E-state index >= 15 is 0 Å². The van der Waals surface area contributed by atoms with E-state index < -0.39 is 0 Å². The molecule has 1 aliphatic rings. The Bertz CT molecular complexity index is 926.